The van der Waals surface area contributed by atoms with Crippen LogP contribution in [0.25, 0.3) is 0 Å². The lowest BCUT2D eigenvalue weighted by Gasteiger charge is -2.24. The number of hydrogen-bond acceptors (Lipinski definition) is 3. The molecule has 0 amide bonds. The molecule has 0 saturated heterocycles. The summed E-state index contributed by atoms with van der Waals surface area (Å²) < 4.78 is 0. The monoisotopic (exact) mass is 229 g/mol. The van der Waals surface area contributed by atoms with Crippen LogP contribution < -0.4 is 5.32 Å². The molecule has 0 aliphatic carbocycles. The van der Waals surface area contributed by atoms with E-state index in [0.29, 0.717) is 0 Å². The third kappa shape index (κ3) is 3.01. The molecule has 1 nitrogen and oxygen atoms in total. The van der Waals surface area contributed by atoms with Crippen LogP contribution in [-0.2, 0) is 5.41 Å². The Morgan fingerprint density at radius 1 is 1.50 bits per heavy atom. The summed E-state index contributed by atoms with van der Waals surface area (Å²) in [6.45, 7) is 8.77. The Kier molecular flexibility index (Phi) is 4.48. The minimum atomic E-state index is 0.237. The van der Waals surface area contributed by atoms with E-state index < -0.39 is 0 Å². The van der Waals surface area contributed by atoms with E-state index in [1.807, 2.05) is 11.3 Å². The Labute approximate surface area is 96.3 Å². The van der Waals surface area contributed by atoms with Gasteiger partial charge in [0.05, 0.1) is 0 Å². The number of thiophene rings is 1. The molecule has 0 unspecified atom stereocenters. The van der Waals surface area contributed by atoms with Crippen LogP contribution in [0.3, 0.4) is 0 Å². The fourth-order valence-corrected chi connectivity index (χ4v) is 2.84. The normalized spacial score (nSPS) is 12.0. The molecule has 1 aromatic heterocycles. The molecular weight excluding hydrogens is 210 g/mol. The first-order valence-corrected chi connectivity index (χ1v) is 6.45. The minimum absolute atomic E-state index is 0.237. The van der Waals surface area contributed by atoms with Gasteiger partial charge in [-0.25, -0.2) is 0 Å². The lowest BCUT2D eigenvalue weighted by Crippen LogP contribution is -2.33. The standard InChI is InChI=1S/C11H19NS2/c1-9-4-7-14-10(9)11(2,3)8-12-5-6-13/h4,7,12-13H,5-6,8H2,1-3H3. The van der Waals surface area contributed by atoms with E-state index in [1.54, 1.807) is 0 Å². The molecule has 0 bridgehead atoms. The van der Waals surface area contributed by atoms with Crippen LogP contribution in [0.15, 0.2) is 11.4 Å². The number of aryl methyl sites for hydroxylation is 1. The maximum Gasteiger partial charge on any atom is 0.0143 e. The van der Waals surface area contributed by atoms with Crippen LogP contribution in [-0.4, -0.2) is 18.8 Å². The fourth-order valence-electron chi connectivity index (χ4n) is 1.63. The molecule has 3 heteroatoms. The maximum atomic E-state index is 4.19. The second-order valence-electron chi connectivity index (χ2n) is 4.22. The molecule has 14 heavy (non-hydrogen) atoms. The van der Waals surface area contributed by atoms with Gasteiger partial charge in [0.1, 0.15) is 0 Å². The van der Waals surface area contributed by atoms with E-state index in [2.05, 4.69) is 50.2 Å². The van der Waals surface area contributed by atoms with Gasteiger partial charge in [0.15, 0.2) is 0 Å². The van der Waals surface area contributed by atoms with Crippen LogP contribution in [0.5, 0.6) is 0 Å². The summed E-state index contributed by atoms with van der Waals surface area (Å²) in [4.78, 5) is 1.49. The predicted octanol–water partition coefficient (Wildman–Crippen LogP) is 2.85. The van der Waals surface area contributed by atoms with E-state index in [9.17, 15) is 0 Å². The van der Waals surface area contributed by atoms with Gasteiger partial charge in [-0.1, -0.05) is 13.8 Å². The quantitative estimate of drug-likeness (QED) is 0.584. The average Bonchev–Trinajstić information content (AvgIpc) is 2.52. The van der Waals surface area contributed by atoms with Gasteiger partial charge >= 0.3 is 0 Å². The van der Waals surface area contributed by atoms with E-state index >= 15 is 0 Å². The second-order valence-corrected chi connectivity index (χ2v) is 5.58. The van der Waals surface area contributed by atoms with Crippen molar-refractivity contribution < 1.29 is 0 Å². The number of thiol groups is 1. The van der Waals surface area contributed by atoms with Gasteiger partial charge in [-0.15, -0.1) is 11.3 Å². The minimum Gasteiger partial charge on any atom is -0.315 e. The highest BCUT2D eigenvalue weighted by atomic mass is 32.1. The maximum absolute atomic E-state index is 4.19. The van der Waals surface area contributed by atoms with Crippen LogP contribution in [0, 0.1) is 6.92 Å². The number of nitrogens with one attached hydrogen (secondary N) is 1. The van der Waals surface area contributed by atoms with Gasteiger partial charge in [0.25, 0.3) is 0 Å². The van der Waals surface area contributed by atoms with Crippen molar-refractivity contribution in [3.05, 3.63) is 21.9 Å². The van der Waals surface area contributed by atoms with Crippen molar-refractivity contribution in [3.63, 3.8) is 0 Å². The molecule has 0 aromatic carbocycles. The van der Waals surface area contributed by atoms with Gasteiger partial charge in [-0.3, -0.25) is 0 Å². The zero-order valence-corrected chi connectivity index (χ0v) is 10.8. The van der Waals surface area contributed by atoms with Crippen molar-refractivity contribution in [2.75, 3.05) is 18.8 Å². The van der Waals surface area contributed by atoms with E-state index in [-0.39, 0.29) is 5.41 Å². The van der Waals surface area contributed by atoms with Crippen LogP contribution >= 0.6 is 24.0 Å². The summed E-state index contributed by atoms with van der Waals surface area (Å²) in [7, 11) is 0. The van der Waals surface area contributed by atoms with Crippen LogP contribution in [0.1, 0.15) is 24.3 Å². The Morgan fingerprint density at radius 3 is 2.71 bits per heavy atom. The predicted molar refractivity (Wildman–Crippen MR) is 68.8 cm³/mol. The lowest BCUT2D eigenvalue weighted by molar-refractivity contribution is 0.485. The highest BCUT2D eigenvalue weighted by Crippen LogP contribution is 2.30. The summed E-state index contributed by atoms with van der Waals surface area (Å²) >= 11 is 6.04. The van der Waals surface area contributed by atoms with Crippen molar-refractivity contribution in [1.29, 1.82) is 0 Å². The smallest absolute Gasteiger partial charge is 0.0143 e. The molecule has 0 fully saturated rings. The van der Waals surface area contributed by atoms with Crippen molar-refractivity contribution in [1.82, 2.24) is 5.32 Å². The molecule has 0 aliphatic rings. The Bertz CT molecular complexity index is 279. The summed E-state index contributed by atoms with van der Waals surface area (Å²) in [5, 5.41) is 5.59. The van der Waals surface area contributed by atoms with E-state index in [0.717, 1.165) is 18.8 Å². The van der Waals surface area contributed by atoms with Crippen LogP contribution in [0.4, 0.5) is 0 Å². The third-order valence-electron chi connectivity index (χ3n) is 2.33. The zero-order valence-electron chi connectivity index (χ0n) is 9.13. The fraction of sp³-hybridized carbons (Fsp3) is 0.636. The molecule has 0 spiro atoms. The molecule has 80 valence electrons. The summed E-state index contributed by atoms with van der Waals surface area (Å²) in [6.07, 6.45) is 0. The first-order chi connectivity index (χ1) is 6.58. The summed E-state index contributed by atoms with van der Waals surface area (Å²) in [6, 6.07) is 2.19. The van der Waals surface area contributed by atoms with E-state index in [4.69, 9.17) is 0 Å². The molecule has 1 heterocycles. The topological polar surface area (TPSA) is 12.0 Å². The number of hydrogen-bond donors (Lipinski definition) is 2. The molecule has 1 N–H and O–H groups in total. The molecular formula is C11H19NS2. The van der Waals surface area contributed by atoms with Crippen molar-refractivity contribution in [2.45, 2.75) is 26.2 Å². The molecule has 0 atom stereocenters. The first kappa shape index (κ1) is 12.1. The number of rotatable bonds is 5. The molecule has 1 aromatic rings. The van der Waals surface area contributed by atoms with Gasteiger partial charge in [0, 0.05) is 29.1 Å². The van der Waals surface area contributed by atoms with Crippen LogP contribution in [0.2, 0.25) is 0 Å². The van der Waals surface area contributed by atoms with Crippen molar-refractivity contribution in [2.24, 2.45) is 0 Å². The highest BCUT2D eigenvalue weighted by molar-refractivity contribution is 7.80. The lowest BCUT2D eigenvalue weighted by atomic mass is 9.89. The Hall–Kier alpha value is 0.01000. The first-order valence-electron chi connectivity index (χ1n) is 4.94. The largest absolute Gasteiger partial charge is 0.315 e. The SMILES string of the molecule is Cc1ccsc1C(C)(C)CNCCS. The second kappa shape index (κ2) is 5.19. The van der Waals surface area contributed by atoms with Crippen molar-refractivity contribution in [3.8, 4) is 0 Å². The Balaban J connectivity index is 2.61. The summed E-state index contributed by atoms with van der Waals surface area (Å²) in [5.41, 5.74) is 1.65. The molecule has 0 radical (unpaired) electrons. The summed E-state index contributed by atoms with van der Waals surface area (Å²) in [5.74, 6) is 0.902. The Morgan fingerprint density at radius 2 is 2.21 bits per heavy atom. The van der Waals surface area contributed by atoms with Gasteiger partial charge < -0.3 is 5.32 Å². The molecule has 0 aliphatic heterocycles. The van der Waals surface area contributed by atoms with Crippen molar-refractivity contribution >= 4 is 24.0 Å². The molecule has 0 saturated carbocycles. The van der Waals surface area contributed by atoms with Gasteiger partial charge in [-0.05, 0) is 23.9 Å². The van der Waals surface area contributed by atoms with Gasteiger partial charge in [0.2, 0.25) is 0 Å². The van der Waals surface area contributed by atoms with Gasteiger partial charge in [-0.2, -0.15) is 12.6 Å². The zero-order chi connectivity index (χ0) is 10.6. The molecule has 1 rings (SSSR count). The average molecular weight is 229 g/mol. The highest BCUT2D eigenvalue weighted by Gasteiger charge is 2.22. The van der Waals surface area contributed by atoms with E-state index in [1.165, 1.54) is 10.4 Å². The third-order valence-corrected chi connectivity index (χ3v) is 3.94.